The van der Waals surface area contributed by atoms with Crippen LogP contribution in [0.1, 0.15) is 29.7 Å². The number of nitrogens with zero attached hydrogens (tertiary/aromatic N) is 2. The summed E-state index contributed by atoms with van der Waals surface area (Å²) < 4.78 is 62.1. The zero-order valence-electron chi connectivity index (χ0n) is 17.7. The number of aromatic nitrogens is 2. The lowest BCUT2D eigenvalue weighted by atomic mass is 9.97. The van der Waals surface area contributed by atoms with E-state index in [0.29, 0.717) is 0 Å². The average molecular weight is 474 g/mol. The summed E-state index contributed by atoms with van der Waals surface area (Å²) in [5, 5.41) is 0. The van der Waals surface area contributed by atoms with Crippen molar-refractivity contribution in [1.82, 2.24) is 9.55 Å². The number of sulfonamides is 1. The number of rotatable bonds is 6. The molecule has 0 aliphatic rings. The van der Waals surface area contributed by atoms with Crippen LogP contribution >= 0.6 is 0 Å². The molecule has 172 valence electrons. The maximum Gasteiger partial charge on any atom is 0.420 e. The molecule has 2 aromatic heterocycles. The van der Waals surface area contributed by atoms with Gasteiger partial charge in [0, 0.05) is 18.7 Å². The predicted molar refractivity (Wildman–Crippen MR) is 118 cm³/mol. The number of nitrogens with one attached hydrogen (secondary N) is 1. The van der Waals surface area contributed by atoms with Gasteiger partial charge in [0.2, 0.25) is 5.95 Å². The van der Waals surface area contributed by atoms with E-state index < -0.39 is 38.5 Å². The van der Waals surface area contributed by atoms with Gasteiger partial charge in [0.15, 0.2) is 5.58 Å². The van der Waals surface area contributed by atoms with Gasteiger partial charge in [-0.05, 0) is 42.7 Å². The van der Waals surface area contributed by atoms with Crippen LogP contribution in [0.4, 0.5) is 14.6 Å². The zero-order chi connectivity index (χ0) is 23.9. The fourth-order valence-electron chi connectivity index (χ4n) is 3.80. The minimum absolute atomic E-state index is 0.0808. The van der Waals surface area contributed by atoms with E-state index in [9.17, 15) is 22.0 Å². The Bertz CT molecular complexity index is 1530. The lowest BCUT2D eigenvalue weighted by molar-refractivity contribution is 0.488. The standard InChI is InChI=1S/C22H20F2N4O4S/c1-12-5-3-6-14(15(12)11-25)13(2)28-17-9-16(23)19(10-18(17)32-22(28)29)33(30,31)27-21-8-4-7-20(24)26-21/h3-10,13H,11,25H2,1-2H3,(H,26,27)/t13-/m1/s1. The number of fused-ring (bicyclic) bond motifs is 1. The SMILES string of the molecule is Cc1cccc([C@@H](C)n2c(=O)oc3cc(S(=O)(=O)Nc4cccc(F)n4)c(F)cc32)c1CN. The second kappa shape index (κ2) is 8.41. The van der Waals surface area contributed by atoms with E-state index in [1.54, 1.807) is 6.92 Å². The monoisotopic (exact) mass is 474 g/mol. The second-order valence-electron chi connectivity index (χ2n) is 7.46. The van der Waals surface area contributed by atoms with E-state index in [1.807, 2.05) is 29.8 Å². The first-order valence-corrected chi connectivity index (χ1v) is 11.4. The first-order valence-electron chi connectivity index (χ1n) is 9.91. The van der Waals surface area contributed by atoms with Crippen molar-refractivity contribution in [3.8, 4) is 0 Å². The number of halogens is 2. The molecule has 0 saturated heterocycles. The normalized spacial score (nSPS) is 12.8. The number of benzene rings is 2. The Morgan fingerprint density at radius 2 is 1.91 bits per heavy atom. The second-order valence-corrected chi connectivity index (χ2v) is 9.11. The highest BCUT2D eigenvalue weighted by atomic mass is 32.2. The molecule has 0 unspecified atom stereocenters. The molecule has 0 spiro atoms. The number of pyridine rings is 1. The van der Waals surface area contributed by atoms with E-state index in [1.165, 1.54) is 16.7 Å². The Balaban J connectivity index is 1.81. The Kier molecular flexibility index (Phi) is 5.76. The van der Waals surface area contributed by atoms with Crippen LogP contribution in [0.2, 0.25) is 0 Å². The van der Waals surface area contributed by atoms with Gasteiger partial charge in [-0.15, -0.1) is 0 Å². The lowest BCUT2D eigenvalue weighted by Gasteiger charge is -2.18. The molecule has 2 heterocycles. The third-order valence-electron chi connectivity index (χ3n) is 5.40. The van der Waals surface area contributed by atoms with Gasteiger partial charge in [0.25, 0.3) is 10.0 Å². The molecule has 11 heteroatoms. The summed E-state index contributed by atoms with van der Waals surface area (Å²) in [6, 6.07) is 10.3. The molecule has 0 bridgehead atoms. The zero-order valence-corrected chi connectivity index (χ0v) is 18.5. The van der Waals surface area contributed by atoms with Crippen LogP contribution in [-0.2, 0) is 16.6 Å². The van der Waals surface area contributed by atoms with E-state index in [-0.39, 0.29) is 23.5 Å². The van der Waals surface area contributed by atoms with Crippen LogP contribution in [0.25, 0.3) is 11.1 Å². The molecule has 0 aliphatic heterocycles. The summed E-state index contributed by atoms with van der Waals surface area (Å²) in [5.74, 6) is -3.13. The third-order valence-corrected chi connectivity index (χ3v) is 6.77. The van der Waals surface area contributed by atoms with Gasteiger partial charge in [-0.2, -0.15) is 4.39 Å². The number of aryl methyl sites for hydroxylation is 1. The Morgan fingerprint density at radius 3 is 2.61 bits per heavy atom. The van der Waals surface area contributed by atoms with Gasteiger partial charge in [-0.1, -0.05) is 24.3 Å². The van der Waals surface area contributed by atoms with Crippen molar-refractivity contribution in [1.29, 1.82) is 0 Å². The Hall–Kier alpha value is -3.57. The Labute approximate surface area is 187 Å². The van der Waals surface area contributed by atoms with Crippen molar-refractivity contribution in [2.45, 2.75) is 31.3 Å². The molecule has 33 heavy (non-hydrogen) atoms. The summed E-state index contributed by atoms with van der Waals surface area (Å²) in [4.78, 5) is 15.3. The minimum Gasteiger partial charge on any atom is -0.408 e. The molecule has 1 atom stereocenters. The average Bonchev–Trinajstić information content (AvgIpc) is 3.06. The van der Waals surface area contributed by atoms with Crippen LogP contribution in [0, 0.1) is 18.7 Å². The van der Waals surface area contributed by atoms with E-state index in [4.69, 9.17) is 10.2 Å². The van der Waals surface area contributed by atoms with Crippen LogP contribution in [0.3, 0.4) is 0 Å². The van der Waals surface area contributed by atoms with Gasteiger partial charge in [0.1, 0.15) is 16.5 Å². The van der Waals surface area contributed by atoms with Crippen molar-refractivity contribution in [2.75, 3.05) is 4.72 Å². The molecule has 3 N–H and O–H groups in total. The topological polar surface area (TPSA) is 120 Å². The summed E-state index contributed by atoms with van der Waals surface area (Å²) in [7, 11) is -4.49. The maximum absolute atomic E-state index is 15.0. The summed E-state index contributed by atoms with van der Waals surface area (Å²) in [6.07, 6.45) is 0. The number of anilines is 1. The molecule has 8 nitrogen and oxygen atoms in total. The number of hydrogen-bond donors (Lipinski definition) is 2. The number of nitrogens with two attached hydrogens (primary N) is 1. The molecule has 4 rings (SSSR count). The third kappa shape index (κ3) is 4.12. The van der Waals surface area contributed by atoms with Gasteiger partial charge in [-0.3, -0.25) is 9.29 Å². The molecule has 2 aromatic carbocycles. The van der Waals surface area contributed by atoms with Crippen molar-refractivity contribution < 1.29 is 21.6 Å². The Morgan fingerprint density at radius 1 is 1.18 bits per heavy atom. The van der Waals surface area contributed by atoms with Crippen molar-refractivity contribution in [2.24, 2.45) is 5.73 Å². The summed E-state index contributed by atoms with van der Waals surface area (Å²) in [5.41, 5.74) is 8.39. The lowest BCUT2D eigenvalue weighted by Crippen LogP contribution is -2.21. The fraction of sp³-hybridized carbons (Fsp3) is 0.182. The largest absolute Gasteiger partial charge is 0.420 e. The highest BCUT2D eigenvalue weighted by Gasteiger charge is 2.26. The molecule has 0 amide bonds. The first kappa shape index (κ1) is 22.6. The minimum atomic E-state index is -4.49. The number of oxazole rings is 1. The maximum atomic E-state index is 15.0. The highest BCUT2D eigenvalue weighted by molar-refractivity contribution is 7.92. The van der Waals surface area contributed by atoms with Crippen LogP contribution in [-0.4, -0.2) is 18.0 Å². The summed E-state index contributed by atoms with van der Waals surface area (Å²) in [6.45, 7) is 3.88. The van der Waals surface area contributed by atoms with E-state index >= 15 is 0 Å². The fourth-order valence-corrected chi connectivity index (χ4v) is 4.88. The van der Waals surface area contributed by atoms with Crippen LogP contribution in [0.5, 0.6) is 0 Å². The highest BCUT2D eigenvalue weighted by Crippen LogP contribution is 2.29. The smallest absolute Gasteiger partial charge is 0.408 e. The van der Waals surface area contributed by atoms with Gasteiger partial charge in [0.05, 0.1) is 11.6 Å². The number of hydrogen-bond acceptors (Lipinski definition) is 6. The summed E-state index contributed by atoms with van der Waals surface area (Å²) >= 11 is 0. The molecule has 0 fully saturated rings. The van der Waals surface area contributed by atoms with Crippen LogP contribution < -0.4 is 16.2 Å². The first-order chi connectivity index (χ1) is 15.6. The van der Waals surface area contributed by atoms with E-state index in [2.05, 4.69) is 4.98 Å². The molecular formula is C22H20F2N4O4S. The molecule has 0 aliphatic carbocycles. The molecule has 0 saturated carbocycles. The van der Waals surface area contributed by atoms with E-state index in [0.717, 1.165) is 34.9 Å². The van der Waals surface area contributed by atoms with Crippen molar-refractivity contribution >= 4 is 26.9 Å². The van der Waals surface area contributed by atoms with Gasteiger partial charge < -0.3 is 10.2 Å². The predicted octanol–water partition coefficient (Wildman–Crippen LogP) is 3.44. The van der Waals surface area contributed by atoms with Gasteiger partial charge in [-0.25, -0.2) is 22.6 Å². The molecular weight excluding hydrogens is 454 g/mol. The molecule has 0 radical (unpaired) electrons. The van der Waals surface area contributed by atoms with Crippen molar-refractivity contribution in [3.05, 3.63) is 87.5 Å². The van der Waals surface area contributed by atoms with Gasteiger partial charge >= 0.3 is 5.76 Å². The van der Waals surface area contributed by atoms with Crippen molar-refractivity contribution in [3.63, 3.8) is 0 Å². The quantitative estimate of drug-likeness (QED) is 0.413. The van der Waals surface area contributed by atoms with Crippen LogP contribution in [0.15, 0.2) is 62.6 Å². The molecule has 4 aromatic rings.